The first kappa shape index (κ1) is 18.3. The first-order valence-corrected chi connectivity index (χ1v) is 9.91. The maximum Gasteiger partial charge on any atom is 0.0601 e. The molecule has 144 valence electrons. The van der Waals surface area contributed by atoms with Gasteiger partial charge in [0.2, 0.25) is 0 Å². The van der Waals surface area contributed by atoms with E-state index < -0.39 is 0 Å². The van der Waals surface area contributed by atoms with Crippen molar-refractivity contribution in [2.45, 2.75) is 6.54 Å². The molecule has 2 heterocycles. The molecule has 0 amide bonds. The fourth-order valence-electron chi connectivity index (χ4n) is 3.94. The Morgan fingerprint density at radius 3 is 2.37 bits per heavy atom. The minimum Gasteiger partial charge on any atom is -0.397 e. The zero-order chi connectivity index (χ0) is 18.6. The monoisotopic (exact) mass is 366 g/mol. The highest BCUT2D eigenvalue weighted by atomic mass is 16.5. The number of ether oxygens (including phenoxy) is 1. The van der Waals surface area contributed by atoms with E-state index in [1.54, 1.807) is 0 Å². The highest BCUT2D eigenvalue weighted by molar-refractivity contribution is 5.77. The molecule has 4 rings (SSSR count). The predicted octanol–water partition coefficient (Wildman–Crippen LogP) is 2.52. The molecule has 0 spiro atoms. The zero-order valence-electron chi connectivity index (χ0n) is 16.2. The van der Waals surface area contributed by atoms with Gasteiger partial charge in [0.1, 0.15) is 0 Å². The van der Waals surface area contributed by atoms with Crippen molar-refractivity contribution in [2.75, 3.05) is 70.2 Å². The Morgan fingerprint density at radius 1 is 0.889 bits per heavy atom. The van der Waals surface area contributed by atoms with Crippen LogP contribution in [0.25, 0.3) is 11.1 Å². The van der Waals surface area contributed by atoms with E-state index in [4.69, 9.17) is 10.5 Å². The molecule has 0 bridgehead atoms. The Kier molecular flexibility index (Phi) is 5.62. The second-order valence-corrected chi connectivity index (χ2v) is 7.65. The number of nitrogens with two attached hydrogens (primary N) is 1. The maximum atomic E-state index is 6.43. The Labute approximate surface area is 162 Å². The van der Waals surface area contributed by atoms with Crippen molar-refractivity contribution in [3.05, 3.63) is 48.0 Å². The quantitative estimate of drug-likeness (QED) is 0.843. The third kappa shape index (κ3) is 4.43. The molecule has 0 unspecified atom stereocenters. The molecule has 2 saturated heterocycles. The van der Waals surface area contributed by atoms with Crippen LogP contribution >= 0.6 is 0 Å². The van der Waals surface area contributed by atoms with Crippen molar-refractivity contribution in [3.8, 4) is 11.1 Å². The van der Waals surface area contributed by atoms with Crippen LogP contribution in [0.5, 0.6) is 0 Å². The largest absolute Gasteiger partial charge is 0.397 e. The topological polar surface area (TPSA) is 45.0 Å². The SMILES string of the molecule is CN1CCN(c2ccc(-c3cccc(CN4CCOCC4)c3)cc2N)CC1. The Balaban J connectivity index is 1.49. The Hall–Kier alpha value is -2.08. The highest BCUT2D eigenvalue weighted by Gasteiger charge is 2.17. The van der Waals surface area contributed by atoms with Gasteiger partial charge in [0.05, 0.1) is 24.6 Å². The van der Waals surface area contributed by atoms with E-state index in [9.17, 15) is 0 Å². The van der Waals surface area contributed by atoms with Gasteiger partial charge in [-0.3, -0.25) is 4.90 Å². The summed E-state index contributed by atoms with van der Waals surface area (Å²) in [6.45, 7) is 8.92. The van der Waals surface area contributed by atoms with E-state index >= 15 is 0 Å². The smallest absolute Gasteiger partial charge is 0.0601 e. The molecule has 5 heteroatoms. The summed E-state index contributed by atoms with van der Waals surface area (Å²) in [5.41, 5.74) is 12.2. The molecule has 2 aromatic rings. The summed E-state index contributed by atoms with van der Waals surface area (Å²) < 4.78 is 5.45. The van der Waals surface area contributed by atoms with E-state index in [1.807, 2.05) is 0 Å². The van der Waals surface area contributed by atoms with Gasteiger partial charge < -0.3 is 20.3 Å². The normalized spacial score (nSPS) is 19.4. The third-order valence-electron chi connectivity index (χ3n) is 5.64. The minimum atomic E-state index is 0.837. The summed E-state index contributed by atoms with van der Waals surface area (Å²) in [6, 6.07) is 15.3. The minimum absolute atomic E-state index is 0.837. The van der Waals surface area contributed by atoms with Crippen molar-refractivity contribution in [1.29, 1.82) is 0 Å². The summed E-state index contributed by atoms with van der Waals surface area (Å²) >= 11 is 0. The number of hydrogen-bond donors (Lipinski definition) is 1. The van der Waals surface area contributed by atoms with Crippen LogP contribution in [0.1, 0.15) is 5.56 Å². The molecule has 2 aliphatic rings. The third-order valence-corrected chi connectivity index (χ3v) is 5.64. The second kappa shape index (κ2) is 8.30. The van der Waals surface area contributed by atoms with Crippen LogP contribution in [-0.4, -0.2) is 69.3 Å². The van der Waals surface area contributed by atoms with Gasteiger partial charge in [0.15, 0.2) is 0 Å². The van der Waals surface area contributed by atoms with Gasteiger partial charge in [0, 0.05) is 45.8 Å². The molecule has 2 aliphatic heterocycles. The van der Waals surface area contributed by atoms with E-state index in [1.165, 1.54) is 16.7 Å². The van der Waals surface area contributed by atoms with Crippen LogP contribution < -0.4 is 10.6 Å². The average molecular weight is 367 g/mol. The van der Waals surface area contributed by atoms with Gasteiger partial charge in [-0.1, -0.05) is 24.3 Å². The van der Waals surface area contributed by atoms with Crippen LogP contribution in [0.4, 0.5) is 11.4 Å². The number of morpholine rings is 1. The summed E-state index contributed by atoms with van der Waals surface area (Å²) in [5.74, 6) is 0. The predicted molar refractivity (Wildman–Crippen MR) is 112 cm³/mol. The number of likely N-dealkylation sites (N-methyl/N-ethyl adjacent to an activating group) is 1. The van der Waals surface area contributed by atoms with Gasteiger partial charge in [-0.25, -0.2) is 0 Å². The first-order chi connectivity index (χ1) is 13.2. The lowest BCUT2D eigenvalue weighted by atomic mass is 10.0. The van der Waals surface area contributed by atoms with Gasteiger partial charge in [0.25, 0.3) is 0 Å². The zero-order valence-corrected chi connectivity index (χ0v) is 16.2. The number of anilines is 2. The molecule has 0 aromatic heterocycles. The molecule has 5 nitrogen and oxygen atoms in total. The van der Waals surface area contributed by atoms with Crippen molar-refractivity contribution in [2.24, 2.45) is 0 Å². The lowest BCUT2D eigenvalue weighted by Crippen LogP contribution is -2.44. The lowest BCUT2D eigenvalue weighted by Gasteiger charge is -2.34. The summed E-state index contributed by atoms with van der Waals surface area (Å²) in [7, 11) is 2.17. The summed E-state index contributed by atoms with van der Waals surface area (Å²) in [6.07, 6.45) is 0. The highest BCUT2D eigenvalue weighted by Crippen LogP contribution is 2.30. The van der Waals surface area contributed by atoms with E-state index in [2.05, 4.69) is 64.2 Å². The van der Waals surface area contributed by atoms with Gasteiger partial charge in [-0.05, 0) is 41.9 Å². The maximum absolute atomic E-state index is 6.43. The molecule has 2 aromatic carbocycles. The molecule has 27 heavy (non-hydrogen) atoms. The van der Waals surface area contributed by atoms with Crippen LogP contribution in [-0.2, 0) is 11.3 Å². The molecular formula is C22H30N4O. The van der Waals surface area contributed by atoms with Gasteiger partial charge in [-0.15, -0.1) is 0 Å². The lowest BCUT2D eigenvalue weighted by molar-refractivity contribution is 0.0342. The second-order valence-electron chi connectivity index (χ2n) is 7.65. The number of piperazine rings is 1. The number of hydrogen-bond acceptors (Lipinski definition) is 5. The number of benzene rings is 2. The van der Waals surface area contributed by atoms with Crippen molar-refractivity contribution < 1.29 is 4.74 Å². The van der Waals surface area contributed by atoms with Crippen LogP contribution in [0, 0.1) is 0 Å². The van der Waals surface area contributed by atoms with Crippen LogP contribution in [0.15, 0.2) is 42.5 Å². The molecule has 0 aliphatic carbocycles. The van der Waals surface area contributed by atoms with E-state index in [0.717, 1.165) is 70.4 Å². The molecule has 0 radical (unpaired) electrons. The average Bonchev–Trinajstić information content (AvgIpc) is 2.70. The molecule has 0 saturated carbocycles. The Bertz CT molecular complexity index is 765. The molecule has 2 N–H and O–H groups in total. The van der Waals surface area contributed by atoms with E-state index in [-0.39, 0.29) is 0 Å². The van der Waals surface area contributed by atoms with Gasteiger partial charge >= 0.3 is 0 Å². The van der Waals surface area contributed by atoms with Crippen LogP contribution in [0.3, 0.4) is 0 Å². The van der Waals surface area contributed by atoms with Gasteiger partial charge in [-0.2, -0.15) is 0 Å². The number of rotatable bonds is 4. The first-order valence-electron chi connectivity index (χ1n) is 9.91. The Morgan fingerprint density at radius 2 is 1.63 bits per heavy atom. The fraction of sp³-hybridized carbons (Fsp3) is 0.455. The van der Waals surface area contributed by atoms with Crippen LogP contribution in [0.2, 0.25) is 0 Å². The molecule has 2 fully saturated rings. The molecular weight excluding hydrogens is 336 g/mol. The standard InChI is InChI=1S/C22H30N4O/c1-24-7-9-26(10-8-24)22-6-5-20(16-21(22)23)19-4-2-3-18(15-19)17-25-11-13-27-14-12-25/h2-6,15-16H,7-14,17,23H2,1H3. The number of nitrogens with zero attached hydrogens (tertiary/aromatic N) is 3. The van der Waals surface area contributed by atoms with Crippen molar-refractivity contribution in [1.82, 2.24) is 9.80 Å². The van der Waals surface area contributed by atoms with Crippen molar-refractivity contribution in [3.63, 3.8) is 0 Å². The summed E-state index contributed by atoms with van der Waals surface area (Å²) in [4.78, 5) is 7.21. The fourth-order valence-corrected chi connectivity index (χ4v) is 3.94. The van der Waals surface area contributed by atoms with Crippen molar-refractivity contribution >= 4 is 11.4 Å². The number of nitrogen functional groups attached to an aromatic ring is 1. The van der Waals surface area contributed by atoms with E-state index in [0.29, 0.717) is 0 Å². The molecule has 0 atom stereocenters. The summed E-state index contributed by atoms with van der Waals surface area (Å²) in [5, 5.41) is 0.